The largest absolute Gasteiger partial charge is 0.494 e. The molecular formula is C20H22N2O2. The highest BCUT2D eigenvalue weighted by atomic mass is 16.5. The number of H-pyrrole nitrogens is 1. The number of fused-ring (bicyclic) bond motifs is 1. The zero-order valence-electron chi connectivity index (χ0n) is 14.0. The number of aromatic nitrogens is 1. The minimum absolute atomic E-state index is 0.0561. The number of pyridine rings is 1. The average Bonchev–Trinajstić information content (AvgIpc) is 2.61. The van der Waals surface area contributed by atoms with E-state index in [0.29, 0.717) is 13.2 Å². The standard InChI is InChI=1S/C20H22N2O2/c1-3-24-18-9-10-19-16(12-18)11-17(20(23)22-19)13-21-14(2)15-7-5-4-6-8-15/h4-12,14,21H,3,13H2,1-2H3,(H,22,23)/t14-/m1/s1. The van der Waals surface area contributed by atoms with Crippen molar-refractivity contribution in [2.45, 2.75) is 26.4 Å². The van der Waals surface area contributed by atoms with Crippen molar-refractivity contribution < 1.29 is 4.74 Å². The molecule has 24 heavy (non-hydrogen) atoms. The molecule has 4 nitrogen and oxygen atoms in total. The Morgan fingerprint density at radius 3 is 2.67 bits per heavy atom. The van der Waals surface area contributed by atoms with Crippen molar-refractivity contribution in [2.24, 2.45) is 0 Å². The Kier molecular flexibility index (Phi) is 4.96. The molecule has 4 heteroatoms. The average molecular weight is 322 g/mol. The van der Waals surface area contributed by atoms with Crippen LogP contribution in [0, 0.1) is 0 Å². The topological polar surface area (TPSA) is 54.1 Å². The highest BCUT2D eigenvalue weighted by Gasteiger charge is 2.08. The minimum atomic E-state index is -0.0561. The maximum Gasteiger partial charge on any atom is 0.252 e. The predicted molar refractivity (Wildman–Crippen MR) is 97.4 cm³/mol. The molecule has 1 heterocycles. The van der Waals surface area contributed by atoms with E-state index in [1.807, 2.05) is 49.4 Å². The van der Waals surface area contributed by atoms with Gasteiger partial charge in [0.2, 0.25) is 0 Å². The van der Waals surface area contributed by atoms with Gasteiger partial charge in [0, 0.05) is 29.1 Å². The lowest BCUT2D eigenvalue weighted by Crippen LogP contribution is -2.23. The fourth-order valence-electron chi connectivity index (χ4n) is 2.74. The van der Waals surface area contributed by atoms with E-state index >= 15 is 0 Å². The molecule has 0 aliphatic carbocycles. The number of rotatable bonds is 6. The third-order valence-electron chi connectivity index (χ3n) is 4.10. The summed E-state index contributed by atoms with van der Waals surface area (Å²) in [6.07, 6.45) is 0. The van der Waals surface area contributed by atoms with E-state index < -0.39 is 0 Å². The molecule has 0 saturated carbocycles. The molecule has 0 aliphatic rings. The van der Waals surface area contributed by atoms with Gasteiger partial charge in [-0.2, -0.15) is 0 Å². The lowest BCUT2D eigenvalue weighted by molar-refractivity contribution is 0.340. The van der Waals surface area contributed by atoms with Gasteiger partial charge in [0.1, 0.15) is 5.75 Å². The zero-order chi connectivity index (χ0) is 16.9. The summed E-state index contributed by atoms with van der Waals surface area (Å²) in [7, 11) is 0. The number of benzene rings is 2. The quantitative estimate of drug-likeness (QED) is 0.726. The smallest absolute Gasteiger partial charge is 0.252 e. The van der Waals surface area contributed by atoms with Gasteiger partial charge in [-0.3, -0.25) is 4.79 Å². The van der Waals surface area contributed by atoms with Gasteiger partial charge in [0.05, 0.1) is 6.61 Å². The Morgan fingerprint density at radius 2 is 1.92 bits per heavy atom. The van der Waals surface area contributed by atoms with Crippen LogP contribution < -0.4 is 15.6 Å². The van der Waals surface area contributed by atoms with E-state index in [0.717, 1.165) is 22.2 Å². The first kappa shape index (κ1) is 16.3. The van der Waals surface area contributed by atoms with Gasteiger partial charge < -0.3 is 15.0 Å². The first-order valence-corrected chi connectivity index (χ1v) is 8.24. The normalized spacial score (nSPS) is 12.2. The Morgan fingerprint density at radius 1 is 1.12 bits per heavy atom. The summed E-state index contributed by atoms with van der Waals surface area (Å²) in [6, 6.07) is 18.0. The summed E-state index contributed by atoms with van der Waals surface area (Å²) >= 11 is 0. The van der Waals surface area contributed by atoms with Crippen LogP contribution in [0.2, 0.25) is 0 Å². The molecule has 1 atom stereocenters. The minimum Gasteiger partial charge on any atom is -0.494 e. The van der Waals surface area contributed by atoms with Crippen LogP contribution in [0.25, 0.3) is 10.9 Å². The number of nitrogens with one attached hydrogen (secondary N) is 2. The SMILES string of the molecule is CCOc1ccc2[nH]c(=O)c(CN[C@H](C)c3ccccc3)cc2c1. The molecule has 0 aliphatic heterocycles. The fraction of sp³-hybridized carbons (Fsp3) is 0.250. The molecule has 3 aromatic rings. The lowest BCUT2D eigenvalue weighted by atomic mass is 10.1. The Bertz CT molecular complexity index is 872. The van der Waals surface area contributed by atoms with Crippen molar-refractivity contribution in [1.82, 2.24) is 10.3 Å². The lowest BCUT2D eigenvalue weighted by Gasteiger charge is -2.14. The summed E-state index contributed by atoms with van der Waals surface area (Å²) in [5.41, 5.74) is 2.69. The Hall–Kier alpha value is -2.59. The van der Waals surface area contributed by atoms with Crippen molar-refractivity contribution in [3.05, 3.63) is 76.1 Å². The molecule has 2 N–H and O–H groups in total. The second-order valence-corrected chi connectivity index (χ2v) is 5.82. The monoisotopic (exact) mass is 322 g/mol. The van der Waals surface area contributed by atoms with E-state index in [1.54, 1.807) is 0 Å². The van der Waals surface area contributed by atoms with E-state index in [4.69, 9.17) is 4.74 Å². The first-order valence-electron chi connectivity index (χ1n) is 8.24. The van der Waals surface area contributed by atoms with Gasteiger partial charge in [0.25, 0.3) is 5.56 Å². The molecule has 1 aromatic heterocycles. The van der Waals surface area contributed by atoms with Crippen LogP contribution in [0.1, 0.15) is 31.0 Å². The van der Waals surface area contributed by atoms with E-state index in [-0.39, 0.29) is 11.6 Å². The second kappa shape index (κ2) is 7.32. The number of ether oxygens (including phenoxy) is 1. The van der Waals surface area contributed by atoms with Gasteiger partial charge in [-0.05, 0) is 43.7 Å². The summed E-state index contributed by atoms with van der Waals surface area (Å²) < 4.78 is 5.53. The van der Waals surface area contributed by atoms with Gasteiger partial charge in [0.15, 0.2) is 0 Å². The third kappa shape index (κ3) is 3.66. The summed E-state index contributed by atoms with van der Waals surface area (Å²) in [6.45, 7) is 5.19. The molecule has 124 valence electrons. The number of hydrogen-bond donors (Lipinski definition) is 2. The van der Waals surface area contributed by atoms with E-state index in [9.17, 15) is 4.79 Å². The van der Waals surface area contributed by atoms with Crippen LogP contribution in [-0.2, 0) is 6.54 Å². The van der Waals surface area contributed by atoms with Crippen molar-refractivity contribution in [3.8, 4) is 5.75 Å². The second-order valence-electron chi connectivity index (χ2n) is 5.82. The fourth-order valence-corrected chi connectivity index (χ4v) is 2.74. The van der Waals surface area contributed by atoms with Crippen molar-refractivity contribution >= 4 is 10.9 Å². The van der Waals surface area contributed by atoms with Crippen LogP contribution in [0.4, 0.5) is 0 Å². The van der Waals surface area contributed by atoms with Gasteiger partial charge in [-0.15, -0.1) is 0 Å². The molecular weight excluding hydrogens is 300 g/mol. The molecule has 0 amide bonds. The molecule has 3 rings (SSSR count). The Labute approximate surface area is 141 Å². The summed E-state index contributed by atoms with van der Waals surface area (Å²) in [5, 5.41) is 4.39. The van der Waals surface area contributed by atoms with Crippen molar-refractivity contribution in [1.29, 1.82) is 0 Å². The molecule has 0 bridgehead atoms. The van der Waals surface area contributed by atoms with Crippen molar-refractivity contribution in [2.75, 3.05) is 6.61 Å². The summed E-state index contributed by atoms with van der Waals surface area (Å²) in [5.74, 6) is 0.814. The van der Waals surface area contributed by atoms with Gasteiger partial charge in [-0.25, -0.2) is 0 Å². The maximum atomic E-state index is 12.3. The van der Waals surface area contributed by atoms with Gasteiger partial charge >= 0.3 is 0 Å². The number of hydrogen-bond acceptors (Lipinski definition) is 3. The van der Waals surface area contributed by atoms with Crippen LogP contribution in [0.5, 0.6) is 5.75 Å². The maximum absolute atomic E-state index is 12.3. The highest BCUT2D eigenvalue weighted by Crippen LogP contribution is 2.19. The van der Waals surface area contributed by atoms with E-state index in [1.165, 1.54) is 5.56 Å². The molecule has 2 aromatic carbocycles. The third-order valence-corrected chi connectivity index (χ3v) is 4.10. The van der Waals surface area contributed by atoms with Crippen LogP contribution in [0.15, 0.2) is 59.4 Å². The molecule has 0 radical (unpaired) electrons. The Balaban J connectivity index is 1.81. The first-order chi connectivity index (χ1) is 11.7. The van der Waals surface area contributed by atoms with Crippen molar-refractivity contribution in [3.63, 3.8) is 0 Å². The molecule has 0 fully saturated rings. The molecule has 0 spiro atoms. The summed E-state index contributed by atoms with van der Waals surface area (Å²) in [4.78, 5) is 15.2. The van der Waals surface area contributed by atoms with Crippen LogP contribution >= 0.6 is 0 Å². The van der Waals surface area contributed by atoms with Gasteiger partial charge in [-0.1, -0.05) is 30.3 Å². The molecule has 0 unspecified atom stereocenters. The zero-order valence-corrected chi connectivity index (χ0v) is 14.0. The highest BCUT2D eigenvalue weighted by molar-refractivity contribution is 5.80. The van der Waals surface area contributed by atoms with E-state index in [2.05, 4.69) is 29.4 Å². The molecule has 0 saturated heterocycles. The number of aromatic amines is 1. The predicted octanol–water partition coefficient (Wildman–Crippen LogP) is 3.78. The van der Waals surface area contributed by atoms with Crippen LogP contribution in [-0.4, -0.2) is 11.6 Å². The van der Waals surface area contributed by atoms with Crippen LogP contribution in [0.3, 0.4) is 0 Å².